The predicted molar refractivity (Wildman–Crippen MR) is 145 cm³/mol. The molecule has 33 heavy (non-hydrogen) atoms. The highest BCUT2D eigenvalue weighted by atomic mass is 14.5. The van der Waals surface area contributed by atoms with E-state index in [1.165, 1.54) is 39.0 Å². The highest BCUT2D eigenvalue weighted by molar-refractivity contribution is 5.80. The lowest BCUT2D eigenvalue weighted by Crippen LogP contribution is -2.25. The average Bonchev–Trinajstić information content (AvgIpc) is 3.29. The summed E-state index contributed by atoms with van der Waals surface area (Å²) in [6.07, 6.45) is 6.04. The highest BCUT2D eigenvalue weighted by Gasteiger charge is 2.43. The molecule has 0 aromatic heterocycles. The molecule has 4 rings (SSSR count). The second kappa shape index (κ2) is 7.46. The van der Waals surface area contributed by atoms with Gasteiger partial charge < -0.3 is 0 Å². The van der Waals surface area contributed by atoms with E-state index < -0.39 is 0 Å². The van der Waals surface area contributed by atoms with Crippen LogP contribution < -0.4 is 0 Å². The molecule has 0 N–H and O–H groups in total. The lowest BCUT2D eigenvalue weighted by molar-refractivity contribution is 0.387. The molecule has 0 saturated carbocycles. The summed E-state index contributed by atoms with van der Waals surface area (Å²) in [6.45, 7) is 25.9. The Bertz CT molecular complexity index is 1080. The third-order valence-corrected chi connectivity index (χ3v) is 8.03. The van der Waals surface area contributed by atoms with Crippen molar-refractivity contribution in [3.63, 3.8) is 0 Å². The van der Waals surface area contributed by atoms with Gasteiger partial charge in [-0.25, -0.2) is 0 Å². The zero-order valence-corrected chi connectivity index (χ0v) is 22.9. The Morgan fingerprint density at radius 2 is 1.06 bits per heavy atom. The molecule has 0 spiro atoms. The van der Waals surface area contributed by atoms with Crippen LogP contribution in [0.4, 0.5) is 0 Å². The Morgan fingerprint density at radius 1 is 0.606 bits per heavy atom. The van der Waals surface area contributed by atoms with Crippen molar-refractivity contribution in [3.05, 3.63) is 82.0 Å². The topological polar surface area (TPSA) is 0 Å². The van der Waals surface area contributed by atoms with Crippen molar-refractivity contribution >= 4 is 0 Å². The average molecular weight is 441 g/mol. The largest absolute Gasteiger partial charge is 0.0767 e. The van der Waals surface area contributed by atoms with Crippen molar-refractivity contribution in [3.8, 4) is 11.1 Å². The molecule has 0 nitrogen and oxygen atoms in total. The maximum Gasteiger partial charge on any atom is 0.0190 e. The normalized spacial score (nSPS) is 17.1. The molecule has 0 heterocycles. The van der Waals surface area contributed by atoms with Crippen molar-refractivity contribution in [2.75, 3.05) is 0 Å². The van der Waals surface area contributed by atoms with Crippen molar-refractivity contribution in [1.82, 2.24) is 0 Å². The molecular formula is C33H44. The highest BCUT2D eigenvalue weighted by Crippen LogP contribution is 2.58. The first-order valence-electron chi connectivity index (χ1n) is 12.7. The van der Waals surface area contributed by atoms with E-state index in [1.807, 2.05) is 0 Å². The SMILES string of the molecule is CC(C)(C)C1=CCC(C(C)(C)C2c3cc(C(C)(C)C)ccc3-c3ccc(C(C)(C)C)cc32)=C1. The second-order valence-corrected chi connectivity index (χ2v) is 14.0. The first-order chi connectivity index (χ1) is 15.0. The Morgan fingerprint density at radius 3 is 1.42 bits per heavy atom. The Kier molecular flexibility index (Phi) is 5.44. The summed E-state index contributed by atoms with van der Waals surface area (Å²) in [4.78, 5) is 0. The smallest absolute Gasteiger partial charge is 0.0190 e. The maximum atomic E-state index is 2.52. The van der Waals surface area contributed by atoms with Gasteiger partial charge in [0.25, 0.3) is 0 Å². The van der Waals surface area contributed by atoms with E-state index >= 15 is 0 Å². The third-order valence-electron chi connectivity index (χ3n) is 8.03. The van der Waals surface area contributed by atoms with Crippen molar-refractivity contribution in [2.24, 2.45) is 10.8 Å². The molecule has 2 aliphatic rings. The Hall–Kier alpha value is -2.08. The lowest BCUT2D eigenvalue weighted by Gasteiger charge is -2.36. The third kappa shape index (κ3) is 4.16. The molecule has 0 heteroatoms. The number of hydrogen-bond donors (Lipinski definition) is 0. The van der Waals surface area contributed by atoms with E-state index in [4.69, 9.17) is 0 Å². The standard InChI is InChI=1S/C33H44/c1-30(2,3)21-12-13-24(18-21)33(10,11)29-27-19-22(31(4,5)6)14-16-25(27)26-17-15-23(20-28(26)29)32(7,8)9/h12,14-20,29H,13H2,1-11H3. The van der Waals surface area contributed by atoms with Crippen LogP contribution in [0.5, 0.6) is 0 Å². The van der Waals surface area contributed by atoms with E-state index in [9.17, 15) is 0 Å². The lowest BCUT2D eigenvalue weighted by atomic mass is 9.67. The molecule has 0 saturated heterocycles. The molecule has 0 aliphatic heterocycles. The summed E-state index contributed by atoms with van der Waals surface area (Å²) >= 11 is 0. The van der Waals surface area contributed by atoms with Crippen LogP contribution in [0.15, 0.2) is 59.7 Å². The molecule has 0 amide bonds. The van der Waals surface area contributed by atoms with Crippen LogP contribution in [0.3, 0.4) is 0 Å². The summed E-state index contributed by atoms with van der Waals surface area (Å²) in [7, 11) is 0. The van der Waals surface area contributed by atoms with Crippen molar-refractivity contribution in [2.45, 2.75) is 99.3 Å². The minimum atomic E-state index is 0.0382. The number of allylic oxidation sites excluding steroid dienone is 4. The minimum Gasteiger partial charge on any atom is -0.0767 e. The fourth-order valence-corrected chi connectivity index (χ4v) is 5.65. The Balaban J connectivity index is 1.92. The summed E-state index contributed by atoms with van der Waals surface area (Å²) in [5.41, 5.74) is 12.3. The van der Waals surface area contributed by atoms with Crippen LogP contribution in [-0.4, -0.2) is 0 Å². The van der Waals surface area contributed by atoms with E-state index in [2.05, 4.69) is 125 Å². The van der Waals surface area contributed by atoms with Gasteiger partial charge in [0.15, 0.2) is 0 Å². The van der Waals surface area contributed by atoms with Gasteiger partial charge in [0.2, 0.25) is 0 Å². The van der Waals surface area contributed by atoms with Gasteiger partial charge in [0.1, 0.15) is 0 Å². The number of fused-ring (bicyclic) bond motifs is 3. The number of hydrogen-bond acceptors (Lipinski definition) is 0. The van der Waals surface area contributed by atoms with Gasteiger partial charge >= 0.3 is 0 Å². The first-order valence-corrected chi connectivity index (χ1v) is 12.7. The zero-order valence-electron chi connectivity index (χ0n) is 22.9. The molecule has 0 unspecified atom stereocenters. The van der Waals surface area contributed by atoms with Crippen LogP contribution in [-0.2, 0) is 10.8 Å². The van der Waals surface area contributed by atoms with Crippen LogP contribution in [0.25, 0.3) is 11.1 Å². The van der Waals surface area contributed by atoms with E-state index in [0.29, 0.717) is 5.92 Å². The van der Waals surface area contributed by atoms with Crippen LogP contribution in [0.2, 0.25) is 0 Å². The Labute approximate surface area is 203 Å². The quantitative estimate of drug-likeness (QED) is 0.436. The van der Waals surface area contributed by atoms with Crippen LogP contribution in [0.1, 0.15) is 111 Å². The second-order valence-electron chi connectivity index (χ2n) is 14.0. The van der Waals surface area contributed by atoms with Crippen molar-refractivity contribution in [1.29, 1.82) is 0 Å². The molecule has 2 aromatic rings. The molecule has 0 bridgehead atoms. The number of rotatable bonds is 2. The summed E-state index contributed by atoms with van der Waals surface area (Å²) in [6, 6.07) is 14.5. The van der Waals surface area contributed by atoms with Gasteiger partial charge in [-0.1, -0.05) is 130 Å². The van der Waals surface area contributed by atoms with E-state index in [-0.39, 0.29) is 21.7 Å². The molecule has 0 fully saturated rings. The number of benzene rings is 2. The first kappa shape index (κ1) is 24.1. The fourth-order valence-electron chi connectivity index (χ4n) is 5.65. The molecular weight excluding hydrogens is 396 g/mol. The van der Waals surface area contributed by atoms with Gasteiger partial charge in [-0.3, -0.25) is 0 Å². The molecule has 176 valence electrons. The molecule has 2 aliphatic carbocycles. The summed E-state index contributed by atoms with van der Waals surface area (Å²) in [5, 5.41) is 0. The predicted octanol–water partition coefficient (Wildman–Crippen LogP) is 9.72. The molecule has 0 atom stereocenters. The fraction of sp³-hybridized carbons (Fsp3) is 0.515. The van der Waals surface area contributed by atoms with Crippen LogP contribution >= 0.6 is 0 Å². The molecule has 2 aromatic carbocycles. The van der Waals surface area contributed by atoms with Gasteiger partial charge in [-0.05, 0) is 67.0 Å². The van der Waals surface area contributed by atoms with Crippen LogP contribution in [0, 0.1) is 10.8 Å². The van der Waals surface area contributed by atoms with Gasteiger partial charge in [-0.2, -0.15) is 0 Å². The van der Waals surface area contributed by atoms with Crippen molar-refractivity contribution < 1.29 is 0 Å². The van der Waals surface area contributed by atoms with E-state index in [1.54, 1.807) is 5.57 Å². The summed E-state index contributed by atoms with van der Waals surface area (Å²) < 4.78 is 0. The zero-order chi connectivity index (χ0) is 24.6. The summed E-state index contributed by atoms with van der Waals surface area (Å²) in [5.74, 6) is 0.367. The molecule has 0 radical (unpaired) electrons. The minimum absolute atomic E-state index is 0.0382. The van der Waals surface area contributed by atoms with Gasteiger partial charge in [0, 0.05) is 5.92 Å². The monoisotopic (exact) mass is 440 g/mol. The van der Waals surface area contributed by atoms with Gasteiger partial charge in [-0.15, -0.1) is 0 Å². The van der Waals surface area contributed by atoms with E-state index in [0.717, 1.165) is 6.42 Å². The maximum absolute atomic E-state index is 2.52. The van der Waals surface area contributed by atoms with Gasteiger partial charge in [0.05, 0.1) is 0 Å².